The maximum Gasteiger partial charge on any atom is 0.224 e. The monoisotopic (exact) mass is 386 g/mol. The van der Waals surface area contributed by atoms with E-state index in [9.17, 15) is 8.78 Å². The fraction of sp³-hybridized carbons (Fsp3) is 0.647. The largest absolute Gasteiger partial charge is 0.348 e. The third-order valence-electron chi connectivity index (χ3n) is 5.25. The minimum Gasteiger partial charge on any atom is -0.348 e. The Labute approximate surface area is 157 Å². The van der Waals surface area contributed by atoms with Gasteiger partial charge in [-0.05, 0) is 32.5 Å². The number of likely N-dealkylation sites (tertiary alicyclic amines) is 1. The first-order valence-corrected chi connectivity index (χ1v) is 8.89. The Bertz CT molecular complexity index is 741. The lowest BCUT2D eigenvalue weighted by atomic mass is 10.0. The van der Waals surface area contributed by atoms with Crippen molar-refractivity contribution in [2.24, 2.45) is 0 Å². The average Bonchev–Trinajstić information content (AvgIpc) is 3.00. The molecule has 9 heteroatoms. The molecule has 4 rings (SSSR count). The number of fused-ring (bicyclic) bond motifs is 1. The molecule has 6 nitrogen and oxygen atoms in total. The minimum atomic E-state index is -0.969. The first-order chi connectivity index (χ1) is 12.1. The van der Waals surface area contributed by atoms with Crippen LogP contribution in [0.1, 0.15) is 18.9 Å². The molecule has 2 aliphatic rings. The van der Waals surface area contributed by atoms with E-state index in [0.29, 0.717) is 31.1 Å². The summed E-state index contributed by atoms with van der Waals surface area (Å²) in [6.45, 7) is 2.41. The summed E-state index contributed by atoms with van der Waals surface area (Å²) in [5.74, 6) is 0.408. The van der Waals surface area contributed by atoms with E-state index in [0.717, 1.165) is 24.9 Å². The summed E-state index contributed by atoms with van der Waals surface area (Å²) < 4.78 is 30.5. The number of aromatic nitrogens is 3. The predicted molar refractivity (Wildman–Crippen MR) is 101 cm³/mol. The summed E-state index contributed by atoms with van der Waals surface area (Å²) in [5.41, 5.74) is 0.707. The van der Waals surface area contributed by atoms with Crippen molar-refractivity contribution < 1.29 is 8.78 Å². The van der Waals surface area contributed by atoms with Crippen LogP contribution in [-0.2, 0) is 0 Å². The molecule has 4 heterocycles. The fourth-order valence-electron chi connectivity index (χ4n) is 3.78. The highest BCUT2D eigenvalue weighted by Gasteiger charge is 2.30. The Morgan fingerprint density at radius 2 is 2.12 bits per heavy atom. The molecule has 2 saturated heterocycles. The first-order valence-electron chi connectivity index (χ1n) is 8.89. The number of hydrogen-bond donors (Lipinski definition) is 2. The molecule has 2 fully saturated rings. The molecule has 0 bridgehead atoms. The molecule has 144 valence electrons. The Hall–Kier alpha value is -1.51. The Morgan fingerprint density at radius 1 is 1.27 bits per heavy atom. The number of anilines is 1. The zero-order valence-electron chi connectivity index (χ0n) is 14.7. The van der Waals surface area contributed by atoms with Crippen LogP contribution in [0.2, 0.25) is 0 Å². The van der Waals surface area contributed by atoms with Gasteiger partial charge < -0.3 is 20.1 Å². The second-order valence-electron chi connectivity index (χ2n) is 7.09. The van der Waals surface area contributed by atoms with Gasteiger partial charge in [-0.25, -0.2) is 13.8 Å². The quantitative estimate of drug-likeness (QED) is 0.846. The second kappa shape index (κ2) is 8.02. The molecule has 2 aromatic rings. The Balaban J connectivity index is 0.00000196. The van der Waals surface area contributed by atoms with Crippen molar-refractivity contribution in [1.29, 1.82) is 0 Å². The lowest BCUT2D eigenvalue weighted by Crippen LogP contribution is -2.45. The van der Waals surface area contributed by atoms with Crippen LogP contribution in [0.25, 0.3) is 11.0 Å². The third kappa shape index (κ3) is 3.77. The van der Waals surface area contributed by atoms with E-state index in [1.54, 1.807) is 6.20 Å². The SMILES string of the molecule is CN1CC[C@@H](n2ccc3cnc(N[C@@H]4CCNC[C@H]4F)nc32)[C@@H](F)C1.Cl. The Morgan fingerprint density at radius 3 is 2.88 bits per heavy atom. The van der Waals surface area contributed by atoms with Crippen molar-refractivity contribution in [3.63, 3.8) is 0 Å². The summed E-state index contributed by atoms with van der Waals surface area (Å²) in [6.07, 6.45) is 3.13. The van der Waals surface area contributed by atoms with Crippen LogP contribution in [0.5, 0.6) is 0 Å². The molecule has 0 radical (unpaired) electrons. The van der Waals surface area contributed by atoms with Gasteiger partial charge in [-0.3, -0.25) is 0 Å². The second-order valence-corrected chi connectivity index (χ2v) is 7.09. The molecule has 2 N–H and O–H groups in total. The number of nitrogens with zero attached hydrogens (tertiary/aromatic N) is 4. The number of halogens is 3. The van der Waals surface area contributed by atoms with Crippen LogP contribution in [0, 0.1) is 0 Å². The molecule has 0 aliphatic carbocycles. The highest BCUT2D eigenvalue weighted by Crippen LogP contribution is 2.29. The van der Waals surface area contributed by atoms with Crippen molar-refractivity contribution >= 4 is 29.4 Å². The van der Waals surface area contributed by atoms with Gasteiger partial charge in [0.15, 0.2) is 0 Å². The third-order valence-corrected chi connectivity index (χ3v) is 5.25. The first kappa shape index (κ1) is 19.3. The molecule has 0 aromatic carbocycles. The molecule has 0 amide bonds. The highest BCUT2D eigenvalue weighted by atomic mass is 35.5. The molecule has 4 atom stereocenters. The van der Waals surface area contributed by atoms with Gasteiger partial charge >= 0.3 is 0 Å². The van der Waals surface area contributed by atoms with Crippen molar-refractivity contribution in [2.45, 2.75) is 37.3 Å². The van der Waals surface area contributed by atoms with Gasteiger partial charge in [0.1, 0.15) is 18.0 Å². The van der Waals surface area contributed by atoms with Gasteiger partial charge in [0, 0.05) is 37.4 Å². The van der Waals surface area contributed by atoms with Crippen LogP contribution < -0.4 is 10.6 Å². The standard InChI is InChI=1S/C17H24F2N6.ClH/c1-24-6-4-15(13(19)10-24)25-7-3-11-8-21-17(23-16(11)25)22-14-2-5-20-9-12(14)18;/h3,7-8,12-15,20H,2,4-6,9-10H2,1H3,(H,21,22,23);1H/t12-,13+,14-,15-;/m1./s1. The number of nitrogens with one attached hydrogen (secondary N) is 2. The lowest BCUT2D eigenvalue weighted by molar-refractivity contribution is 0.109. The predicted octanol–water partition coefficient (Wildman–Crippen LogP) is 2.18. The fourth-order valence-corrected chi connectivity index (χ4v) is 3.78. The Kier molecular flexibility index (Phi) is 5.94. The molecule has 0 spiro atoms. The van der Waals surface area contributed by atoms with Crippen LogP contribution in [0.15, 0.2) is 18.5 Å². The van der Waals surface area contributed by atoms with E-state index in [2.05, 4.69) is 20.6 Å². The van der Waals surface area contributed by atoms with Gasteiger partial charge in [-0.1, -0.05) is 0 Å². The van der Waals surface area contributed by atoms with Gasteiger partial charge in [0.2, 0.25) is 5.95 Å². The molecule has 2 aliphatic heterocycles. The maximum atomic E-state index is 14.5. The van der Waals surface area contributed by atoms with Crippen molar-refractivity contribution in [2.75, 3.05) is 38.5 Å². The maximum absolute atomic E-state index is 14.5. The van der Waals surface area contributed by atoms with E-state index >= 15 is 0 Å². The zero-order chi connectivity index (χ0) is 17.4. The van der Waals surface area contributed by atoms with Gasteiger partial charge in [-0.2, -0.15) is 4.98 Å². The normalized spacial score (nSPS) is 30.1. The van der Waals surface area contributed by atoms with E-state index in [1.807, 2.05) is 28.8 Å². The minimum absolute atomic E-state index is 0. The molecule has 2 aromatic heterocycles. The molecular formula is C17H25ClF2N6. The zero-order valence-corrected chi connectivity index (χ0v) is 15.6. The summed E-state index contributed by atoms with van der Waals surface area (Å²) in [5, 5.41) is 7.01. The summed E-state index contributed by atoms with van der Waals surface area (Å²) in [7, 11) is 1.94. The van der Waals surface area contributed by atoms with Gasteiger partial charge in [0.25, 0.3) is 0 Å². The van der Waals surface area contributed by atoms with Crippen molar-refractivity contribution in [3.05, 3.63) is 18.5 Å². The molecular weight excluding hydrogens is 362 g/mol. The summed E-state index contributed by atoms with van der Waals surface area (Å²) in [6, 6.07) is 1.40. The smallest absolute Gasteiger partial charge is 0.224 e. The average molecular weight is 387 g/mol. The van der Waals surface area contributed by atoms with Crippen molar-refractivity contribution in [3.8, 4) is 0 Å². The molecule has 0 saturated carbocycles. The van der Waals surface area contributed by atoms with Crippen LogP contribution in [-0.4, -0.2) is 71.0 Å². The van der Waals surface area contributed by atoms with E-state index in [-0.39, 0.29) is 24.5 Å². The van der Waals surface area contributed by atoms with Crippen LogP contribution in [0.4, 0.5) is 14.7 Å². The van der Waals surface area contributed by atoms with E-state index in [1.165, 1.54) is 0 Å². The number of hydrogen-bond acceptors (Lipinski definition) is 5. The molecule has 0 unspecified atom stereocenters. The van der Waals surface area contributed by atoms with E-state index in [4.69, 9.17) is 0 Å². The van der Waals surface area contributed by atoms with Gasteiger partial charge in [0.05, 0.1) is 12.1 Å². The summed E-state index contributed by atoms with van der Waals surface area (Å²) in [4.78, 5) is 10.9. The van der Waals surface area contributed by atoms with Crippen LogP contribution in [0.3, 0.4) is 0 Å². The number of piperidine rings is 2. The highest BCUT2D eigenvalue weighted by molar-refractivity contribution is 5.85. The van der Waals surface area contributed by atoms with Gasteiger partial charge in [-0.15, -0.1) is 12.4 Å². The van der Waals surface area contributed by atoms with E-state index < -0.39 is 12.3 Å². The number of rotatable bonds is 3. The number of alkyl halides is 2. The summed E-state index contributed by atoms with van der Waals surface area (Å²) >= 11 is 0. The lowest BCUT2D eigenvalue weighted by Gasteiger charge is -2.33. The van der Waals surface area contributed by atoms with Crippen LogP contribution >= 0.6 is 12.4 Å². The molecule has 26 heavy (non-hydrogen) atoms. The topological polar surface area (TPSA) is 58.0 Å². The van der Waals surface area contributed by atoms with Crippen molar-refractivity contribution in [1.82, 2.24) is 24.8 Å².